The van der Waals surface area contributed by atoms with E-state index in [4.69, 9.17) is 4.74 Å². The zero-order chi connectivity index (χ0) is 16.2. The first-order valence-electron chi connectivity index (χ1n) is 8.07. The van der Waals surface area contributed by atoms with Crippen molar-refractivity contribution in [2.24, 2.45) is 13.0 Å². The van der Waals surface area contributed by atoms with Gasteiger partial charge in [0.1, 0.15) is 11.6 Å². The number of aromatic nitrogens is 2. The molecular formula is C18H23N3O2. The van der Waals surface area contributed by atoms with E-state index in [2.05, 4.69) is 10.3 Å². The average molecular weight is 313 g/mol. The van der Waals surface area contributed by atoms with Gasteiger partial charge in [-0.1, -0.05) is 18.2 Å². The van der Waals surface area contributed by atoms with Crippen LogP contribution in [0.15, 0.2) is 36.7 Å². The van der Waals surface area contributed by atoms with Gasteiger partial charge in [0.05, 0.1) is 13.2 Å². The van der Waals surface area contributed by atoms with E-state index in [0.29, 0.717) is 18.8 Å². The predicted octanol–water partition coefficient (Wildman–Crippen LogP) is 2.63. The average Bonchev–Trinajstić information content (AvgIpc) is 3.32. The summed E-state index contributed by atoms with van der Waals surface area (Å²) in [6.45, 7) is 0. The monoisotopic (exact) mass is 313 g/mol. The Hall–Kier alpha value is -2.30. The van der Waals surface area contributed by atoms with Crippen molar-refractivity contribution in [1.82, 2.24) is 14.9 Å². The molecule has 5 heteroatoms. The summed E-state index contributed by atoms with van der Waals surface area (Å²) in [7, 11) is 3.63. The van der Waals surface area contributed by atoms with Crippen LogP contribution in [0, 0.1) is 5.92 Å². The number of hydrogen-bond acceptors (Lipinski definition) is 3. The summed E-state index contributed by atoms with van der Waals surface area (Å²) in [5.74, 6) is 2.36. The maximum Gasteiger partial charge on any atom is 0.220 e. The summed E-state index contributed by atoms with van der Waals surface area (Å²) in [6, 6.07) is 7.86. The lowest BCUT2D eigenvalue weighted by molar-refractivity contribution is -0.122. The molecule has 1 N–H and O–H groups in total. The second kappa shape index (κ2) is 6.86. The lowest BCUT2D eigenvalue weighted by atomic mass is 10.1. The number of nitrogens with one attached hydrogen (secondary N) is 1. The van der Waals surface area contributed by atoms with Crippen molar-refractivity contribution < 1.29 is 9.53 Å². The van der Waals surface area contributed by atoms with E-state index < -0.39 is 0 Å². The van der Waals surface area contributed by atoms with Crippen molar-refractivity contribution >= 4 is 5.91 Å². The molecule has 1 fully saturated rings. The van der Waals surface area contributed by atoms with Gasteiger partial charge in [-0.05, 0) is 36.8 Å². The summed E-state index contributed by atoms with van der Waals surface area (Å²) >= 11 is 0. The van der Waals surface area contributed by atoms with Gasteiger partial charge in [0.15, 0.2) is 0 Å². The number of methoxy groups -OCH3 is 1. The Balaban J connectivity index is 1.61. The minimum absolute atomic E-state index is 0.0279. The van der Waals surface area contributed by atoms with Crippen LogP contribution in [-0.4, -0.2) is 22.6 Å². The highest BCUT2D eigenvalue weighted by atomic mass is 16.5. The molecule has 0 saturated heterocycles. The maximum atomic E-state index is 12.4. The van der Waals surface area contributed by atoms with Crippen LogP contribution in [0.2, 0.25) is 0 Å². The van der Waals surface area contributed by atoms with E-state index in [9.17, 15) is 4.79 Å². The predicted molar refractivity (Wildman–Crippen MR) is 88.1 cm³/mol. The Labute approximate surface area is 136 Å². The van der Waals surface area contributed by atoms with E-state index in [-0.39, 0.29) is 11.9 Å². The van der Waals surface area contributed by atoms with E-state index in [0.717, 1.165) is 30.0 Å². The molecule has 2 aromatic rings. The summed E-state index contributed by atoms with van der Waals surface area (Å²) in [5, 5.41) is 3.17. The van der Waals surface area contributed by atoms with Crippen molar-refractivity contribution in [3.05, 3.63) is 48.0 Å². The molecule has 1 amide bonds. The molecule has 1 saturated carbocycles. The van der Waals surface area contributed by atoms with Gasteiger partial charge in [0, 0.05) is 25.9 Å². The summed E-state index contributed by atoms with van der Waals surface area (Å²) in [6.07, 6.45) is 7.15. The van der Waals surface area contributed by atoms with Crippen LogP contribution in [-0.2, 0) is 18.3 Å². The highest BCUT2D eigenvalue weighted by molar-refractivity contribution is 5.76. The number of carbonyl (C=O) groups is 1. The zero-order valence-electron chi connectivity index (χ0n) is 13.7. The number of nitrogens with zero attached hydrogens (tertiary/aromatic N) is 2. The van der Waals surface area contributed by atoms with Crippen molar-refractivity contribution in [1.29, 1.82) is 0 Å². The van der Waals surface area contributed by atoms with Crippen molar-refractivity contribution in [3.63, 3.8) is 0 Å². The fourth-order valence-corrected chi connectivity index (χ4v) is 2.90. The van der Waals surface area contributed by atoms with Crippen LogP contribution in [0.5, 0.6) is 5.75 Å². The van der Waals surface area contributed by atoms with Crippen LogP contribution in [0.3, 0.4) is 0 Å². The molecule has 0 aliphatic heterocycles. The third-order valence-corrected chi connectivity index (χ3v) is 4.36. The highest BCUT2D eigenvalue weighted by Gasteiger charge is 2.35. The standard InChI is InChI=1S/C18H23N3O2/c1-21-12-11-19-18(21)17(14-7-8-14)20-16(22)10-9-13-5-3-4-6-15(13)23-2/h3-6,11-12,14,17H,7-10H2,1-2H3,(H,20,22). The van der Waals surface area contributed by atoms with Gasteiger partial charge < -0.3 is 14.6 Å². The maximum absolute atomic E-state index is 12.4. The van der Waals surface area contributed by atoms with E-state index in [1.165, 1.54) is 0 Å². The fraction of sp³-hybridized carbons (Fsp3) is 0.444. The van der Waals surface area contributed by atoms with Gasteiger partial charge in [-0.25, -0.2) is 4.98 Å². The summed E-state index contributed by atoms with van der Waals surface area (Å²) < 4.78 is 7.33. The molecule has 122 valence electrons. The molecule has 1 aromatic heterocycles. The number of hydrogen-bond donors (Lipinski definition) is 1. The SMILES string of the molecule is COc1ccccc1CCC(=O)NC(c1nccn1C)C1CC1. The molecule has 1 atom stereocenters. The molecule has 1 aliphatic rings. The van der Waals surface area contributed by atoms with Gasteiger partial charge >= 0.3 is 0 Å². The zero-order valence-corrected chi connectivity index (χ0v) is 13.7. The molecule has 0 spiro atoms. The molecule has 1 unspecified atom stereocenters. The highest BCUT2D eigenvalue weighted by Crippen LogP contribution is 2.40. The number of rotatable bonds is 7. The third-order valence-electron chi connectivity index (χ3n) is 4.36. The second-order valence-electron chi connectivity index (χ2n) is 6.09. The van der Waals surface area contributed by atoms with Gasteiger partial charge in [-0.3, -0.25) is 4.79 Å². The minimum atomic E-state index is 0.0279. The van der Waals surface area contributed by atoms with Crippen LogP contribution >= 0.6 is 0 Å². The fourth-order valence-electron chi connectivity index (χ4n) is 2.90. The molecule has 1 heterocycles. The molecule has 0 bridgehead atoms. The molecule has 5 nitrogen and oxygen atoms in total. The minimum Gasteiger partial charge on any atom is -0.496 e. The molecule has 1 aliphatic carbocycles. The Bertz CT molecular complexity index is 676. The molecule has 0 radical (unpaired) electrons. The van der Waals surface area contributed by atoms with Crippen LogP contribution in [0.25, 0.3) is 0 Å². The number of amides is 1. The lowest BCUT2D eigenvalue weighted by Gasteiger charge is -2.18. The lowest BCUT2D eigenvalue weighted by Crippen LogP contribution is -2.31. The Kier molecular flexibility index (Phi) is 4.65. The third kappa shape index (κ3) is 3.73. The molecular weight excluding hydrogens is 290 g/mol. The summed E-state index contributed by atoms with van der Waals surface area (Å²) in [5.41, 5.74) is 1.06. The summed E-state index contributed by atoms with van der Waals surface area (Å²) in [4.78, 5) is 16.8. The van der Waals surface area contributed by atoms with Crippen LogP contribution < -0.4 is 10.1 Å². The molecule has 1 aromatic carbocycles. The van der Waals surface area contributed by atoms with Gasteiger partial charge in [0.2, 0.25) is 5.91 Å². The topological polar surface area (TPSA) is 56.1 Å². The van der Waals surface area contributed by atoms with Crippen molar-refractivity contribution in [2.45, 2.75) is 31.7 Å². The Morgan fingerprint density at radius 3 is 2.87 bits per heavy atom. The first-order chi connectivity index (χ1) is 11.2. The molecule has 23 heavy (non-hydrogen) atoms. The van der Waals surface area contributed by atoms with Crippen molar-refractivity contribution in [3.8, 4) is 5.75 Å². The van der Waals surface area contributed by atoms with Crippen LogP contribution in [0.1, 0.15) is 36.7 Å². The first-order valence-corrected chi connectivity index (χ1v) is 8.07. The Morgan fingerprint density at radius 2 is 2.22 bits per heavy atom. The normalized spacial score (nSPS) is 15.2. The Morgan fingerprint density at radius 1 is 1.43 bits per heavy atom. The van der Waals surface area contributed by atoms with E-state index in [1.54, 1.807) is 13.3 Å². The van der Waals surface area contributed by atoms with Gasteiger partial charge in [-0.2, -0.15) is 0 Å². The smallest absolute Gasteiger partial charge is 0.220 e. The van der Waals surface area contributed by atoms with E-state index in [1.807, 2.05) is 42.1 Å². The number of para-hydroxylation sites is 1. The number of carbonyl (C=O) groups excluding carboxylic acids is 1. The quantitative estimate of drug-likeness (QED) is 0.855. The second-order valence-corrected chi connectivity index (χ2v) is 6.09. The first kappa shape index (κ1) is 15.6. The van der Waals surface area contributed by atoms with Gasteiger partial charge in [0.25, 0.3) is 0 Å². The number of aryl methyl sites for hydroxylation is 2. The van der Waals surface area contributed by atoms with E-state index >= 15 is 0 Å². The van der Waals surface area contributed by atoms with Gasteiger partial charge in [-0.15, -0.1) is 0 Å². The van der Waals surface area contributed by atoms with Crippen LogP contribution in [0.4, 0.5) is 0 Å². The number of benzene rings is 1. The number of imidazole rings is 1. The molecule has 3 rings (SSSR count). The number of ether oxygens (including phenoxy) is 1. The van der Waals surface area contributed by atoms with Crippen molar-refractivity contribution in [2.75, 3.05) is 7.11 Å². The largest absolute Gasteiger partial charge is 0.496 e.